The van der Waals surface area contributed by atoms with Crippen molar-refractivity contribution in [1.29, 1.82) is 0 Å². The predicted octanol–water partition coefficient (Wildman–Crippen LogP) is 4.14. The molecule has 0 radical (unpaired) electrons. The lowest BCUT2D eigenvalue weighted by atomic mass is 10.2. The van der Waals surface area contributed by atoms with Crippen molar-refractivity contribution in [3.8, 4) is 5.75 Å². The lowest BCUT2D eigenvalue weighted by molar-refractivity contribution is 0.306. The van der Waals surface area contributed by atoms with Crippen LogP contribution in [0.2, 0.25) is 0 Å². The third-order valence-electron chi connectivity index (χ3n) is 2.77. The molecule has 2 aromatic rings. The fourth-order valence-electron chi connectivity index (χ4n) is 1.81. The van der Waals surface area contributed by atoms with Gasteiger partial charge in [-0.1, -0.05) is 47.1 Å². The maximum atomic E-state index is 5.82. The first-order valence-electron chi connectivity index (χ1n) is 6.45. The number of hydrogen-bond donors (Lipinski definition) is 1. The van der Waals surface area contributed by atoms with Gasteiger partial charge < -0.3 is 10.1 Å². The molecule has 0 heterocycles. The van der Waals surface area contributed by atoms with Gasteiger partial charge in [0.25, 0.3) is 0 Å². The molecule has 0 aliphatic rings. The van der Waals surface area contributed by atoms with Crippen LogP contribution < -0.4 is 10.1 Å². The smallest absolute Gasteiger partial charge is 0.120 e. The Bertz CT molecular complexity index is 528. The van der Waals surface area contributed by atoms with Crippen LogP contribution in [0.1, 0.15) is 18.1 Å². The first-order chi connectivity index (χ1) is 9.28. The molecule has 0 fully saturated rings. The third-order valence-corrected chi connectivity index (χ3v) is 3.27. The molecule has 100 valence electrons. The topological polar surface area (TPSA) is 21.3 Å². The van der Waals surface area contributed by atoms with Gasteiger partial charge in [0.15, 0.2) is 0 Å². The molecular weight excluding hydrogens is 302 g/mol. The zero-order valence-corrected chi connectivity index (χ0v) is 12.6. The number of rotatable bonds is 6. The average molecular weight is 320 g/mol. The normalized spacial score (nSPS) is 10.4. The van der Waals surface area contributed by atoms with Crippen LogP contribution in [-0.2, 0) is 13.2 Å². The molecule has 1 N–H and O–H groups in total. The van der Waals surface area contributed by atoms with Crippen molar-refractivity contribution in [2.75, 3.05) is 6.54 Å². The Balaban J connectivity index is 1.95. The minimum absolute atomic E-state index is 0.587. The fourth-order valence-corrected chi connectivity index (χ4v) is 2.25. The van der Waals surface area contributed by atoms with E-state index in [9.17, 15) is 0 Å². The van der Waals surface area contributed by atoms with Gasteiger partial charge in [-0.2, -0.15) is 0 Å². The predicted molar refractivity (Wildman–Crippen MR) is 82.3 cm³/mol. The summed E-state index contributed by atoms with van der Waals surface area (Å²) < 4.78 is 6.90. The molecule has 19 heavy (non-hydrogen) atoms. The van der Waals surface area contributed by atoms with Gasteiger partial charge in [-0.25, -0.2) is 0 Å². The van der Waals surface area contributed by atoms with Crippen LogP contribution in [0, 0.1) is 0 Å². The zero-order valence-electron chi connectivity index (χ0n) is 11.0. The molecule has 0 bridgehead atoms. The Kier molecular flexibility index (Phi) is 5.43. The Hall–Kier alpha value is -1.32. The van der Waals surface area contributed by atoms with E-state index in [4.69, 9.17) is 4.74 Å². The van der Waals surface area contributed by atoms with Crippen molar-refractivity contribution >= 4 is 15.9 Å². The molecule has 0 aliphatic carbocycles. The van der Waals surface area contributed by atoms with Gasteiger partial charge in [0.05, 0.1) is 0 Å². The van der Waals surface area contributed by atoms with E-state index in [1.165, 1.54) is 5.56 Å². The van der Waals surface area contributed by atoms with Crippen molar-refractivity contribution in [2.45, 2.75) is 20.1 Å². The summed E-state index contributed by atoms with van der Waals surface area (Å²) in [6.07, 6.45) is 0. The SMILES string of the molecule is CCNCc1cccc(OCc2cccc(Br)c2)c1. The zero-order chi connectivity index (χ0) is 13.5. The highest BCUT2D eigenvalue weighted by atomic mass is 79.9. The molecule has 0 amide bonds. The van der Waals surface area contributed by atoms with Crippen molar-refractivity contribution in [3.63, 3.8) is 0 Å². The van der Waals surface area contributed by atoms with Crippen LogP contribution in [0.5, 0.6) is 5.75 Å². The van der Waals surface area contributed by atoms with Gasteiger partial charge in [-0.05, 0) is 41.9 Å². The number of benzene rings is 2. The van der Waals surface area contributed by atoms with E-state index < -0.39 is 0 Å². The van der Waals surface area contributed by atoms with Gasteiger partial charge in [-0.3, -0.25) is 0 Å². The molecule has 0 atom stereocenters. The summed E-state index contributed by atoms with van der Waals surface area (Å²) in [4.78, 5) is 0. The maximum absolute atomic E-state index is 5.82. The van der Waals surface area contributed by atoms with E-state index in [0.717, 1.165) is 28.9 Å². The summed E-state index contributed by atoms with van der Waals surface area (Å²) in [5.41, 5.74) is 2.40. The van der Waals surface area contributed by atoms with E-state index in [1.807, 2.05) is 24.3 Å². The van der Waals surface area contributed by atoms with Crippen LogP contribution in [0.3, 0.4) is 0 Å². The Morgan fingerprint density at radius 3 is 2.63 bits per heavy atom. The monoisotopic (exact) mass is 319 g/mol. The van der Waals surface area contributed by atoms with Crippen LogP contribution in [0.15, 0.2) is 53.0 Å². The van der Waals surface area contributed by atoms with Crippen LogP contribution in [-0.4, -0.2) is 6.54 Å². The highest BCUT2D eigenvalue weighted by molar-refractivity contribution is 9.10. The summed E-state index contributed by atoms with van der Waals surface area (Å²) in [6.45, 7) is 4.55. The van der Waals surface area contributed by atoms with Gasteiger partial charge in [0.2, 0.25) is 0 Å². The summed E-state index contributed by atoms with van der Waals surface area (Å²) in [5.74, 6) is 0.912. The standard InChI is InChI=1S/C16H18BrNO/c1-2-18-11-13-5-4-8-16(10-13)19-12-14-6-3-7-15(17)9-14/h3-10,18H,2,11-12H2,1H3. The second kappa shape index (κ2) is 7.31. The van der Waals surface area contributed by atoms with E-state index in [1.54, 1.807) is 0 Å². The molecule has 0 spiro atoms. The maximum Gasteiger partial charge on any atom is 0.120 e. The van der Waals surface area contributed by atoms with E-state index in [0.29, 0.717) is 6.61 Å². The summed E-state index contributed by atoms with van der Waals surface area (Å²) in [7, 11) is 0. The second-order valence-electron chi connectivity index (χ2n) is 4.35. The Morgan fingerprint density at radius 2 is 1.84 bits per heavy atom. The molecule has 0 saturated carbocycles. The Morgan fingerprint density at radius 1 is 1.05 bits per heavy atom. The highest BCUT2D eigenvalue weighted by Crippen LogP contribution is 2.17. The molecule has 3 heteroatoms. The number of ether oxygens (including phenoxy) is 1. The van der Waals surface area contributed by atoms with Gasteiger partial charge in [-0.15, -0.1) is 0 Å². The summed E-state index contributed by atoms with van der Waals surface area (Å²) >= 11 is 3.46. The molecule has 0 saturated heterocycles. The molecule has 0 aromatic heterocycles. The van der Waals surface area contributed by atoms with E-state index in [-0.39, 0.29) is 0 Å². The largest absolute Gasteiger partial charge is 0.489 e. The van der Waals surface area contributed by atoms with Crippen LogP contribution in [0.25, 0.3) is 0 Å². The molecule has 2 nitrogen and oxygen atoms in total. The minimum atomic E-state index is 0.587. The van der Waals surface area contributed by atoms with Crippen molar-refractivity contribution in [2.24, 2.45) is 0 Å². The van der Waals surface area contributed by atoms with E-state index in [2.05, 4.69) is 52.4 Å². The van der Waals surface area contributed by atoms with Crippen LogP contribution >= 0.6 is 15.9 Å². The number of halogens is 1. The van der Waals surface area contributed by atoms with Gasteiger partial charge in [0.1, 0.15) is 12.4 Å². The fraction of sp³-hybridized carbons (Fsp3) is 0.250. The van der Waals surface area contributed by atoms with Crippen LogP contribution in [0.4, 0.5) is 0 Å². The minimum Gasteiger partial charge on any atom is -0.489 e. The third kappa shape index (κ3) is 4.69. The number of hydrogen-bond acceptors (Lipinski definition) is 2. The second-order valence-corrected chi connectivity index (χ2v) is 5.26. The molecule has 0 unspecified atom stereocenters. The molecule has 0 aliphatic heterocycles. The van der Waals surface area contributed by atoms with E-state index >= 15 is 0 Å². The highest BCUT2D eigenvalue weighted by Gasteiger charge is 1.99. The molecule has 2 aromatic carbocycles. The average Bonchev–Trinajstić information content (AvgIpc) is 2.43. The van der Waals surface area contributed by atoms with Crippen molar-refractivity contribution in [3.05, 3.63) is 64.1 Å². The molecular formula is C16H18BrNO. The van der Waals surface area contributed by atoms with Gasteiger partial charge in [0, 0.05) is 11.0 Å². The molecule has 2 rings (SSSR count). The quantitative estimate of drug-likeness (QED) is 0.864. The first kappa shape index (κ1) is 14.1. The first-order valence-corrected chi connectivity index (χ1v) is 7.24. The Labute approximate surface area is 122 Å². The number of nitrogens with one attached hydrogen (secondary N) is 1. The lowest BCUT2D eigenvalue weighted by Crippen LogP contribution is -2.11. The van der Waals surface area contributed by atoms with Gasteiger partial charge >= 0.3 is 0 Å². The lowest BCUT2D eigenvalue weighted by Gasteiger charge is -2.09. The summed E-state index contributed by atoms with van der Waals surface area (Å²) in [6, 6.07) is 16.4. The van der Waals surface area contributed by atoms with Crippen molar-refractivity contribution < 1.29 is 4.74 Å². The summed E-state index contributed by atoms with van der Waals surface area (Å²) in [5, 5.41) is 3.31. The van der Waals surface area contributed by atoms with Crippen molar-refractivity contribution in [1.82, 2.24) is 5.32 Å².